The summed E-state index contributed by atoms with van der Waals surface area (Å²) in [7, 11) is 2.21. The topological polar surface area (TPSA) is 3.24 Å². The van der Waals surface area contributed by atoms with Gasteiger partial charge in [0.05, 0.1) is 0 Å². The summed E-state index contributed by atoms with van der Waals surface area (Å²) in [6.45, 7) is 13.5. The molecular weight excluding hydrogens is 194 g/mol. The van der Waals surface area contributed by atoms with Gasteiger partial charge in [-0.25, -0.2) is 0 Å². The summed E-state index contributed by atoms with van der Waals surface area (Å²) in [5.74, 6) is 8.53. The fraction of sp³-hybridized carbons (Fsp3) is 0.867. The van der Waals surface area contributed by atoms with Gasteiger partial charge in [0.15, 0.2) is 0 Å². The highest BCUT2D eigenvalue weighted by Crippen LogP contribution is 2.09. The molecule has 0 heterocycles. The Morgan fingerprint density at radius 3 is 2.12 bits per heavy atom. The van der Waals surface area contributed by atoms with Crippen LogP contribution in [0.4, 0.5) is 0 Å². The predicted molar refractivity (Wildman–Crippen MR) is 73.3 cm³/mol. The van der Waals surface area contributed by atoms with Crippen molar-refractivity contribution in [1.29, 1.82) is 0 Å². The average Bonchev–Trinajstić information content (AvgIpc) is 2.16. The normalized spacial score (nSPS) is 13.1. The van der Waals surface area contributed by atoms with Crippen LogP contribution in [0.25, 0.3) is 0 Å². The van der Waals surface area contributed by atoms with Crippen LogP contribution in [0.5, 0.6) is 0 Å². The Labute approximate surface area is 103 Å². The Balaban J connectivity index is 3.92. The summed E-state index contributed by atoms with van der Waals surface area (Å²) in [4.78, 5) is 2.42. The summed E-state index contributed by atoms with van der Waals surface area (Å²) in [5, 5.41) is 0. The van der Waals surface area contributed by atoms with Crippen molar-refractivity contribution in [3.05, 3.63) is 0 Å². The molecule has 16 heavy (non-hydrogen) atoms. The Hall–Kier alpha value is -0.480. The van der Waals surface area contributed by atoms with E-state index in [0.717, 1.165) is 5.92 Å². The molecule has 0 aliphatic rings. The Kier molecular flexibility index (Phi) is 8.39. The molecule has 0 aromatic carbocycles. The molecular formula is C15H29N. The van der Waals surface area contributed by atoms with Gasteiger partial charge in [0.1, 0.15) is 0 Å². The predicted octanol–water partition coefficient (Wildman–Crippen LogP) is 3.65. The fourth-order valence-corrected chi connectivity index (χ4v) is 1.75. The smallest absolute Gasteiger partial charge is 0.0212 e. The van der Waals surface area contributed by atoms with Gasteiger partial charge in [-0.1, -0.05) is 40.5 Å². The van der Waals surface area contributed by atoms with Crippen molar-refractivity contribution >= 4 is 0 Å². The third kappa shape index (κ3) is 8.80. The zero-order chi connectivity index (χ0) is 12.6. The quantitative estimate of drug-likeness (QED) is 0.621. The molecule has 0 radical (unpaired) electrons. The SMILES string of the molecule is CCC(C#CC(C)C)CCN(C)CC(C)C. The van der Waals surface area contributed by atoms with Gasteiger partial charge in [-0.15, -0.1) is 5.92 Å². The van der Waals surface area contributed by atoms with Crippen molar-refractivity contribution in [3.63, 3.8) is 0 Å². The molecule has 0 bridgehead atoms. The summed E-state index contributed by atoms with van der Waals surface area (Å²) in [6, 6.07) is 0. The fourth-order valence-electron chi connectivity index (χ4n) is 1.75. The first-order chi connectivity index (χ1) is 7.45. The molecule has 0 spiro atoms. The van der Waals surface area contributed by atoms with E-state index in [1.807, 2.05) is 0 Å². The number of hydrogen-bond donors (Lipinski definition) is 0. The lowest BCUT2D eigenvalue weighted by Crippen LogP contribution is -2.25. The molecule has 0 saturated heterocycles. The largest absolute Gasteiger partial charge is 0.306 e. The Morgan fingerprint density at radius 1 is 1.06 bits per heavy atom. The molecule has 0 amide bonds. The third-order valence-corrected chi connectivity index (χ3v) is 2.61. The second kappa shape index (κ2) is 8.65. The lowest BCUT2D eigenvalue weighted by atomic mass is 10.0. The standard InChI is InChI=1S/C15H29N/c1-7-15(9-8-13(2)3)10-11-16(6)12-14(4)5/h13-15H,7,10-12H2,1-6H3. The highest BCUT2D eigenvalue weighted by Gasteiger charge is 2.06. The van der Waals surface area contributed by atoms with Gasteiger partial charge in [0.25, 0.3) is 0 Å². The minimum absolute atomic E-state index is 0.502. The van der Waals surface area contributed by atoms with E-state index in [9.17, 15) is 0 Å². The van der Waals surface area contributed by atoms with Crippen molar-refractivity contribution in [2.45, 2.75) is 47.5 Å². The van der Waals surface area contributed by atoms with Crippen LogP contribution in [0.1, 0.15) is 47.5 Å². The van der Waals surface area contributed by atoms with E-state index in [1.165, 1.54) is 25.9 Å². The van der Waals surface area contributed by atoms with Crippen molar-refractivity contribution in [3.8, 4) is 11.8 Å². The molecule has 1 atom stereocenters. The van der Waals surface area contributed by atoms with Crippen LogP contribution in [0.2, 0.25) is 0 Å². The van der Waals surface area contributed by atoms with E-state index in [-0.39, 0.29) is 0 Å². The highest BCUT2D eigenvalue weighted by atomic mass is 15.1. The van der Waals surface area contributed by atoms with Crippen molar-refractivity contribution in [2.24, 2.45) is 17.8 Å². The Morgan fingerprint density at radius 2 is 1.69 bits per heavy atom. The van der Waals surface area contributed by atoms with Gasteiger partial charge >= 0.3 is 0 Å². The average molecular weight is 223 g/mol. The number of hydrogen-bond acceptors (Lipinski definition) is 1. The van der Waals surface area contributed by atoms with E-state index in [4.69, 9.17) is 0 Å². The van der Waals surface area contributed by atoms with Crippen molar-refractivity contribution < 1.29 is 0 Å². The highest BCUT2D eigenvalue weighted by molar-refractivity contribution is 5.05. The molecule has 1 nitrogen and oxygen atoms in total. The van der Waals surface area contributed by atoms with Gasteiger partial charge in [-0.2, -0.15) is 0 Å². The molecule has 0 N–H and O–H groups in total. The van der Waals surface area contributed by atoms with Gasteiger partial charge < -0.3 is 4.90 Å². The summed E-state index contributed by atoms with van der Waals surface area (Å²) in [6.07, 6.45) is 2.38. The molecule has 0 aliphatic carbocycles. The van der Waals surface area contributed by atoms with E-state index < -0.39 is 0 Å². The van der Waals surface area contributed by atoms with Crippen LogP contribution in [-0.2, 0) is 0 Å². The molecule has 1 heteroatoms. The van der Waals surface area contributed by atoms with Crippen LogP contribution in [-0.4, -0.2) is 25.0 Å². The minimum atomic E-state index is 0.502. The van der Waals surface area contributed by atoms with Crippen molar-refractivity contribution in [2.75, 3.05) is 20.1 Å². The Bertz CT molecular complexity index is 219. The lowest BCUT2D eigenvalue weighted by molar-refractivity contribution is 0.280. The van der Waals surface area contributed by atoms with Gasteiger partial charge in [-0.05, 0) is 32.4 Å². The van der Waals surface area contributed by atoms with Crippen LogP contribution in [0.3, 0.4) is 0 Å². The van der Waals surface area contributed by atoms with Gasteiger partial charge in [0.2, 0.25) is 0 Å². The van der Waals surface area contributed by atoms with E-state index >= 15 is 0 Å². The van der Waals surface area contributed by atoms with Crippen LogP contribution in [0.15, 0.2) is 0 Å². The second-order valence-electron chi connectivity index (χ2n) is 5.49. The van der Waals surface area contributed by atoms with Crippen LogP contribution < -0.4 is 0 Å². The van der Waals surface area contributed by atoms with Gasteiger partial charge in [-0.3, -0.25) is 0 Å². The number of rotatable bonds is 6. The van der Waals surface area contributed by atoms with Crippen LogP contribution in [0, 0.1) is 29.6 Å². The van der Waals surface area contributed by atoms with Crippen LogP contribution >= 0.6 is 0 Å². The maximum absolute atomic E-state index is 3.40. The zero-order valence-electron chi connectivity index (χ0n) is 12.0. The first kappa shape index (κ1) is 15.5. The lowest BCUT2D eigenvalue weighted by Gasteiger charge is -2.20. The number of nitrogens with zero attached hydrogens (tertiary/aromatic N) is 1. The molecule has 0 aromatic heterocycles. The molecule has 94 valence electrons. The summed E-state index contributed by atoms with van der Waals surface area (Å²) in [5.41, 5.74) is 0. The van der Waals surface area contributed by atoms with Crippen molar-refractivity contribution in [1.82, 2.24) is 4.90 Å². The second-order valence-corrected chi connectivity index (χ2v) is 5.49. The van der Waals surface area contributed by atoms with E-state index in [0.29, 0.717) is 11.8 Å². The summed E-state index contributed by atoms with van der Waals surface area (Å²) < 4.78 is 0. The zero-order valence-corrected chi connectivity index (χ0v) is 12.0. The first-order valence-corrected chi connectivity index (χ1v) is 6.65. The third-order valence-electron chi connectivity index (χ3n) is 2.61. The monoisotopic (exact) mass is 223 g/mol. The molecule has 0 saturated carbocycles. The maximum atomic E-state index is 3.40. The van der Waals surface area contributed by atoms with E-state index in [1.54, 1.807) is 0 Å². The molecule has 1 unspecified atom stereocenters. The first-order valence-electron chi connectivity index (χ1n) is 6.65. The summed E-state index contributed by atoms with van der Waals surface area (Å²) >= 11 is 0. The molecule has 0 aromatic rings. The van der Waals surface area contributed by atoms with Gasteiger partial charge in [0, 0.05) is 18.4 Å². The van der Waals surface area contributed by atoms with E-state index in [2.05, 4.69) is 58.4 Å². The molecule has 0 fully saturated rings. The molecule has 0 aliphatic heterocycles. The molecule has 0 rings (SSSR count). The maximum Gasteiger partial charge on any atom is 0.0212 e. The minimum Gasteiger partial charge on any atom is -0.306 e.